The summed E-state index contributed by atoms with van der Waals surface area (Å²) in [5.74, 6) is 3.12. The lowest BCUT2D eigenvalue weighted by Crippen LogP contribution is -2.49. The van der Waals surface area contributed by atoms with Gasteiger partial charge in [-0.3, -0.25) is 4.79 Å². The van der Waals surface area contributed by atoms with Crippen LogP contribution in [0, 0.1) is 6.92 Å². The number of aromatic nitrogens is 2. The van der Waals surface area contributed by atoms with Crippen molar-refractivity contribution in [2.75, 3.05) is 49.1 Å². The summed E-state index contributed by atoms with van der Waals surface area (Å²) in [5, 5.41) is 0. The Morgan fingerprint density at radius 2 is 1.55 bits per heavy atom. The number of hydrogen-bond acceptors (Lipinski definition) is 5. The average Bonchev–Trinajstić information content (AvgIpc) is 3.08. The van der Waals surface area contributed by atoms with Crippen LogP contribution in [0.5, 0.6) is 0 Å². The summed E-state index contributed by atoms with van der Waals surface area (Å²) in [6, 6.07) is 2.11. The highest BCUT2D eigenvalue weighted by Gasteiger charge is 2.22. The maximum absolute atomic E-state index is 11.8. The van der Waals surface area contributed by atoms with Crippen LogP contribution in [0.25, 0.3) is 0 Å². The van der Waals surface area contributed by atoms with Crippen LogP contribution in [0.2, 0.25) is 0 Å². The Kier molecular flexibility index (Phi) is 4.45. The van der Waals surface area contributed by atoms with Crippen LogP contribution in [0.15, 0.2) is 6.07 Å². The van der Waals surface area contributed by atoms with Crippen molar-refractivity contribution in [1.29, 1.82) is 0 Å². The van der Waals surface area contributed by atoms with Crippen LogP contribution >= 0.6 is 0 Å². The van der Waals surface area contributed by atoms with Gasteiger partial charge in [0.05, 0.1) is 0 Å². The molecule has 0 spiro atoms. The molecule has 3 heterocycles. The lowest BCUT2D eigenvalue weighted by molar-refractivity contribution is -0.131. The first-order valence-corrected chi connectivity index (χ1v) is 8.30. The monoisotopic (exact) mass is 303 g/mol. The summed E-state index contributed by atoms with van der Waals surface area (Å²) in [4.78, 5) is 27.5. The molecule has 2 aliphatic heterocycles. The van der Waals surface area contributed by atoms with E-state index in [1.807, 2.05) is 18.7 Å². The van der Waals surface area contributed by atoms with Crippen LogP contribution in [0.3, 0.4) is 0 Å². The van der Waals surface area contributed by atoms with E-state index in [0.29, 0.717) is 6.42 Å². The normalized spacial score (nSPS) is 18.9. The third-order valence-corrected chi connectivity index (χ3v) is 4.50. The van der Waals surface area contributed by atoms with Gasteiger partial charge in [0.2, 0.25) is 5.91 Å². The van der Waals surface area contributed by atoms with E-state index < -0.39 is 0 Å². The van der Waals surface area contributed by atoms with Crippen molar-refractivity contribution < 1.29 is 4.79 Å². The lowest BCUT2D eigenvalue weighted by Gasteiger charge is -2.35. The fourth-order valence-electron chi connectivity index (χ4n) is 3.22. The lowest BCUT2D eigenvalue weighted by atomic mass is 10.3. The van der Waals surface area contributed by atoms with Crippen molar-refractivity contribution in [1.82, 2.24) is 14.9 Å². The number of amides is 1. The van der Waals surface area contributed by atoms with Gasteiger partial charge in [0.1, 0.15) is 17.5 Å². The number of piperazine rings is 1. The molecule has 22 heavy (non-hydrogen) atoms. The Morgan fingerprint density at radius 1 is 1.00 bits per heavy atom. The number of carbonyl (C=O) groups excluding carboxylic acids is 1. The van der Waals surface area contributed by atoms with Crippen molar-refractivity contribution in [2.24, 2.45) is 0 Å². The fourth-order valence-corrected chi connectivity index (χ4v) is 3.22. The molecule has 0 atom stereocenters. The van der Waals surface area contributed by atoms with E-state index in [1.165, 1.54) is 12.8 Å². The van der Waals surface area contributed by atoms with Crippen molar-refractivity contribution in [3.05, 3.63) is 11.9 Å². The van der Waals surface area contributed by atoms with Crippen molar-refractivity contribution in [2.45, 2.75) is 33.1 Å². The molecule has 1 aromatic heterocycles. The molecule has 2 fully saturated rings. The summed E-state index contributed by atoms with van der Waals surface area (Å²) in [6.45, 7) is 9.33. The number of hydrogen-bond donors (Lipinski definition) is 0. The third-order valence-electron chi connectivity index (χ3n) is 4.50. The molecule has 1 amide bonds. The Labute approximate surface area is 132 Å². The van der Waals surface area contributed by atoms with Crippen LogP contribution < -0.4 is 9.80 Å². The number of carbonyl (C=O) groups is 1. The van der Waals surface area contributed by atoms with Crippen LogP contribution in [-0.2, 0) is 4.79 Å². The minimum Gasteiger partial charge on any atom is -0.356 e. The number of nitrogens with zero attached hydrogens (tertiary/aromatic N) is 5. The highest BCUT2D eigenvalue weighted by atomic mass is 16.2. The predicted molar refractivity (Wildman–Crippen MR) is 87.3 cm³/mol. The molecule has 3 rings (SSSR count). The number of anilines is 2. The molecule has 0 saturated carbocycles. The molecule has 0 unspecified atom stereocenters. The van der Waals surface area contributed by atoms with Gasteiger partial charge >= 0.3 is 0 Å². The molecule has 6 nitrogen and oxygen atoms in total. The smallest absolute Gasteiger partial charge is 0.222 e. The van der Waals surface area contributed by atoms with Crippen LogP contribution in [0.4, 0.5) is 11.6 Å². The first-order valence-electron chi connectivity index (χ1n) is 8.30. The van der Waals surface area contributed by atoms with Gasteiger partial charge in [-0.1, -0.05) is 6.92 Å². The van der Waals surface area contributed by atoms with E-state index in [9.17, 15) is 4.79 Å². The van der Waals surface area contributed by atoms with Gasteiger partial charge in [0.15, 0.2) is 0 Å². The van der Waals surface area contributed by atoms with Crippen LogP contribution in [0.1, 0.15) is 32.0 Å². The van der Waals surface area contributed by atoms with E-state index in [4.69, 9.17) is 0 Å². The standard InChI is InChI=1S/C16H25N5O/c1-3-16(22)21-10-8-20(9-11-21)15-12-14(17-13(2)18-15)19-6-4-5-7-19/h12H,3-11H2,1-2H3. The second-order valence-electron chi connectivity index (χ2n) is 6.05. The van der Waals surface area contributed by atoms with Gasteiger partial charge < -0.3 is 14.7 Å². The molecular formula is C16H25N5O. The van der Waals surface area contributed by atoms with Crippen molar-refractivity contribution in [3.63, 3.8) is 0 Å². The average molecular weight is 303 g/mol. The Morgan fingerprint density at radius 3 is 2.09 bits per heavy atom. The number of aryl methyl sites for hydroxylation is 1. The molecule has 2 saturated heterocycles. The minimum absolute atomic E-state index is 0.247. The summed E-state index contributed by atoms with van der Waals surface area (Å²) in [5.41, 5.74) is 0. The molecule has 0 bridgehead atoms. The zero-order chi connectivity index (χ0) is 15.5. The van der Waals surface area contributed by atoms with Gasteiger partial charge in [-0.2, -0.15) is 0 Å². The Balaban J connectivity index is 1.71. The van der Waals surface area contributed by atoms with Gasteiger partial charge in [0.25, 0.3) is 0 Å². The largest absolute Gasteiger partial charge is 0.356 e. The van der Waals surface area contributed by atoms with Crippen LogP contribution in [-0.4, -0.2) is 60.0 Å². The molecule has 0 N–H and O–H groups in total. The molecule has 2 aliphatic rings. The molecule has 0 radical (unpaired) electrons. The maximum atomic E-state index is 11.8. The Bertz CT molecular complexity index is 533. The molecule has 0 aromatic carbocycles. The summed E-state index contributed by atoms with van der Waals surface area (Å²) in [6.07, 6.45) is 3.08. The second-order valence-corrected chi connectivity index (χ2v) is 6.05. The summed E-state index contributed by atoms with van der Waals surface area (Å²) in [7, 11) is 0. The molecule has 1 aromatic rings. The van der Waals surface area contributed by atoms with E-state index in [2.05, 4.69) is 25.8 Å². The summed E-state index contributed by atoms with van der Waals surface area (Å²) >= 11 is 0. The topological polar surface area (TPSA) is 52.6 Å². The molecule has 0 aliphatic carbocycles. The van der Waals surface area contributed by atoms with Gasteiger partial charge in [0, 0.05) is 51.8 Å². The molecular weight excluding hydrogens is 278 g/mol. The van der Waals surface area contributed by atoms with Crippen molar-refractivity contribution >= 4 is 17.5 Å². The van der Waals surface area contributed by atoms with E-state index in [0.717, 1.165) is 56.7 Å². The molecule has 6 heteroatoms. The third kappa shape index (κ3) is 3.15. The first-order chi connectivity index (χ1) is 10.7. The fraction of sp³-hybridized carbons (Fsp3) is 0.688. The summed E-state index contributed by atoms with van der Waals surface area (Å²) < 4.78 is 0. The van der Waals surface area contributed by atoms with Gasteiger partial charge in [-0.25, -0.2) is 9.97 Å². The van der Waals surface area contributed by atoms with E-state index in [1.54, 1.807) is 0 Å². The van der Waals surface area contributed by atoms with E-state index >= 15 is 0 Å². The number of rotatable bonds is 3. The first kappa shape index (κ1) is 15.1. The quantitative estimate of drug-likeness (QED) is 0.846. The van der Waals surface area contributed by atoms with Crippen molar-refractivity contribution in [3.8, 4) is 0 Å². The molecule has 120 valence electrons. The maximum Gasteiger partial charge on any atom is 0.222 e. The minimum atomic E-state index is 0.247. The second kappa shape index (κ2) is 6.50. The highest BCUT2D eigenvalue weighted by molar-refractivity contribution is 5.76. The zero-order valence-corrected chi connectivity index (χ0v) is 13.6. The van der Waals surface area contributed by atoms with Gasteiger partial charge in [-0.05, 0) is 19.8 Å². The zero-order valence-electron chi connectivity index (χ0n) is 13.6. The highest BCUT2D eigenvalue weighted by Crippen LogP contribution is 2.23. The van der Waals surface area contributed by atoms with Gasteiger partial charge in [-0.15, -0.1) is 0 Å². The predicted octanol–water partition coefficient (Wildman–Crippen LogP) is 1.44. The Hall–Kier alpha value is -1.85. The van der Waals surface area contributed by atoms with E-state index in [-0.39, 0.29) is 5.91 Å². The SMILES string of the molecule is CCC(=O)N1CCN(c2cc(N3CCCC3)nc(C)n2)CC1.